The molecule has 0 aliphatic carbocycles. The van der Waals surface area contributed by atoms with E-state index in [2.05, 4.69) is 19.6 Å². The van der Waals surface area contributed by atoms with Gasteiger partial charge < -0.3 is 10.6 Å². The van der Waals surface area contributed by atoms with Gasteiger partial charge in [-0.25, -0.2) is 4.79 Å². The second-order valence-corrected chi connectivity index (χ2v) is 5.29. The minimum absolute atomic E-state index is 0.322. The zero-order valence-electron chi connectivity index (χ0n) is 10.9. The Labute approximate surface area is 120 Å². The summed E-state index contributed by atoms with van der Waals surface area (Å²) in [7, 11) is 0. The summed E-state index contributed by atoms with van der Waals surface area (Å²) in [4.78, 5) is 15.8. The Morgan fingerprint density at radius 3 is 2.70 bits per heavy atom. The molecule has 1 aromatic carbocycles. The summed E-state index contributed by atoms with van der Waals surface area (Å²) in [5, 5.41) is 4.29. The molecule has 0 bridgehead atoms. The van der Waals surface area contributed by atoms with E-state index in [9.17, 15) is 4.79 Å². The molecule has 2 heterocycles. The molecule has 106 valence electrons. The van der Waals surface area contributed by atoms with Crippen LogP contribution in [-0.2, 0) is 0 Å². The Kier molecular flexibility index (Phi) is 3.40. The van der Waals surface area contributed by atoms with Crippen molar-refractivity contribution < 1.29 is 4.52 Å². The predicted molar refractivity (Wildman–Crippen MR) is 78.0 cm³/mol. The van der Waals surface area contributed by atoms with Crippen molar-refractivity contribution in [3.8, 4) is 11.4 Å². The molecule has 0 saturated carbocycles. The average molecular weight is 295 g/mol. The lowest BCUT2D eigenvalue weighted by Gasteiger charge is -2.30. The number of nitrogen functional groups attached to an aromatic ring is 1. The molecule has 1 fully saturated rings. The largest absolute Gasteiger partial charge is 0.439 e. The Morgan fingerprint density at radius 2 is 2.05 bits per heavy atom. The first-order valence-corrected chi connectivity index (χ1v) is 6.93. The number of nitrogens with two attached hydrogens (primary N) is 1. The van der Waals surface area contributed by atoms with Gasteiger partial charge in [-0.15, -0.1) is 0 Å². The van der Waals surface area contributed by atoms with Crippen molar-refractivity contribution in [3.63, 3.8) is 0 Å². The van der Waals surface area contributed by atoms with Crippen LogP contribution in [0, 0.1) is 0 Å². The molecule has 3 rings (SSSR count). The molecular weight excluding hydrogens is 280 g/mol. The highest BCUT2D eigenvalue weighted by molar-refractivity contribution is 6.33. The van der Waals surface area contributed by atoms with Gasteiger partial charge in [0.05, 0.1) is 10.7 Å². The maximum atomic E-state index is 11.1. The van der Waals surface area contributed by atoms with Crippen LogP contribution < -0.4 is 16.4 Å². The van der Waals surface area contributed by atoms with E-state index in [1.807, 2.05) is 6.07 Å². The van der Waals surface area contributed by atoms with Crippen LogP contribution in [0.25, 0.3) is 11.4 Å². The van der Waals surface area contributed by atoms with Gasteiger partial charge in [0, 0.05) is 24.3 Å². The zero-order valence-corrected chi connectivity index (χ0v) is 11.6. The Morgan fingerprint density at radius 1 is 1.30 bits per heavy atom. The van der Waals surface area contributed by atoms with Gasteiger partial charge in [0.25, 0.3) is 0 Å². The summed E-state index contributed by atoms with van der Waals surface area (Å²) in [6.07, 6.45) is 3.54. The van der Waals surface area contributed by atoms with Gasteiger partial charge in [-0.1, -0.05) is 16.8 Å². The molecule has 0 spiro atoms. The van der Waals surface area contributed by atoms with Crippen LogP contribution >= 0.6 is 11.6 Å². The summed E-state index contributed by atoms with van der Waals surface area (Å²) in [6, 6.07) is 3.55. The summed E-state index contributed by atoms with van der Waals surface area (Å²) < 4.78 is 4.53. The minimum Gasteiger partial charge on any atom is -0.398 e. The number of rotatable bonds is 2. The minimum atomic E-state index is -0.603. The number of anilines is 2. The molecule has 1 aliphatic heterocycles. The molecule has 1 saturated heterocycles. The van der Waals surface area contributed by atoms with Crippen LogP contribution in [0.4, 0.5) is 11.4 Å². The lowest BCUT2D eigenvalue weighted by molar-refractivity contribution is 0.388. The third-order valence-corrected chi connectivity index (χ3v) is 3.81. The fraction of sp³-hybridized carbons (Fsp3) is 0.385. The van der Waals surface area contributed by atoms with Crippen molar-refractivity contribution in [2.24, 2.45) is 0 Å². The van der Waals surface area contributed by atoms with E-state index in [0.29, 0.717) is 22.1 Å². The number of hydrogen-bond donors (Lipinski definition) is 2. The standard InChI is InChI=1S/C13H15ClN4O2/c14-9-7-10(15)8(12-16-13(19)20-17-12)6-11(9)18-4-2-1-3-5-18/h6-7H,1-5,15H2,(H,16,17,19). The van der Waals surface area contributed by atoms with Crippen molar-refractivity contribution in [3.05, 3.63) is 27.7 Å². The lowest BCUT2D eigenvalue weighted by atomic mass is 10.1. The summed E-state index contributed by atoms with van der Waals surface area (Å²) in [6.45, 7) is 1.94. The van der Waals surface area contributed by atoms with E-state index < -0.39 is 5.76 Å². The van der Waals surface area contributed by atoms with Crippen molar-refractivity contribution in [1.29, 1.82) is 0 Å². The molecule has 2 aromatic rings. The van der Waals surface area contributed by atoms with Gasteiger partial charge in [-0.3, -0.25) is 9.51 Å². The Bertz CT molecular complexity index is 673. The van der Waals surface area contributed by atoms with Crippen LogP contribution in [0.2, 0.25) is 5.02 Å². The van der Waals surface area contributed by atoms with Crippen LogP contribution in [0.15, 0.2) is 21.5 Å². The first-order valence-electron chi connectivity index (χ1n) is 6.55. The van der Waals surface area contributed by atoms with Crippen molar-refractivity contribution in [2.75, 3.05) is 23.7 Å². The van der Waals surface area contributed by atoms with Gasteiger partial charge in [0.15, 0.2) is 5.82 Å². The molecular formula is C13H15ClN4O2. The van der Waals surface area contributed by atoms with Gasteiger partial charge >= 0.3 is 5.76 Å². The fourth-order valence-corrected chi connectivity index (χ4v) is 2.80. The number of nitrogens with one attached hydrogen (secondary N) is 1. The number of nitrogens with zero attached hydrogens (tertiary/aromatic N) is 2. The lowest BCUT2D eigenvalue weighted by Crippen LogP contribution is -2.29. The van der Waals surface area contributed by atoms with E-state index in [1.165, 1.54) is 6.42 Å². The fourth-order valence-electron chi connectivity index (χ4n) is 2.51. The number of H-pyrrole nitrogens is 1. The first kappa shape index (κ1) is 13.1. The molecule has 1 aromatic heterocycles. The maximum Gasteiger partial charge on any atom is 0.439 e. The third kappa shape index (κ3) is 2.38. The molecule has 0 atom stereocenters. The molecule has 20 heavy (non-hydrogen) atoms. The highest BCUT2D eigenvalue weighted by Gasteiger charge is 2.18. The molecule has 0 radical (unpaired) electrons. The number of benzene rings is 1. The second kappa shape index (κ2) is 5.20. The van der Waals surface area contributed by atoms with Crippen LogP contribution in [-0.4, -0.2) is 23.2 Å². The van der Waals surface area contributed by atoms with Crippen LogP contribution in [0.5, 0.6) is 0 Å². The first-order chi connectivity index (χ1) is 9.65. The molecule has 0 unspecified atom stereocenters. The maximum absolute atomic E-state index is 11.1. The normalized spacial score (nSPS) is 15.6. The van der Waals surface area contributed by atoms with E-state index >= 15 is 0 Å². The van der Waals surface area contributed by atoms with Gasteiger partial charge in [-0.05, 0) is 31.4 Å². The topological polar surface area (TPSA) is 88.2 Å². The predicted octanol–water partition coefficient (Wildman–Crippen LogP) is 2.26. The summed E-state index contributed by atoms with van der Waals surface area (Å²) in [5.41, 5.74) is 7.95. The zero-order chi connectivity index (χ0) is 14.1. The molecule has 3 N–H and O–H groups in total. The Balaban J connectivity index is 2.04. The summed E-state index contributed by atoms with van der Waals surface area (Å²) in [5.74, 6) is -0.281. The summed E-state index contributed by atoms with van der Waals surface area (Å²) >= 11 is 6.29. The van der Waals surface area contributed by atoms with Crippen LogP contribution in [0.3, 0.4) is 0 Å². The SMILES string of the molecule is Nc1cc(Cl)c(N2CCCCC2)cc1-c1noc(=O)[nH]1. The number of aromatic amines is 1. The van der Waals surface area contributed by atoms with Crippen molar-refractivity contribution >= 4 is 23.0 Å². The smallest absolute Gasteiger partial charge is 0.398 e. The number of hydrogen-bond acceptors (Lipinski definition) is 5. The van der Waals surface area contributed by atoms with Gasteiger partial charge in [0.2, 0.25) is 0 Å². The molecule has 1 aliphatic rings. The van der Waals surface area contributed by atoms with E-state index in [1.54, 1.807) is 6.07 Å². The molecule has 7 heteroatoms. The second-order valence-electron chi connectivity index (χ2n) is 4.88. The van der Waals surface area contributed by atoms with Crippen molar-refractivity contribution in [1.82, 2.24) is 10.1 Å². The molecule has 0 amide bonds. The highest BCUT2D eigenvalue weighted by Crippen LogP contribution is 2.35. The molecule has 6 nitrogen and oxygen atoms in total. The monoisotopic (exact) mass is 294 g/mol. The van der Waals surface area contributed by atoms with E-state index in [0.717, 1.165) is 31.6 Å². The number of halogens is 1. The average Bonchev–Trinajstić information content (AvgIpc) is 2.86. The Hall–Kier alpha value is -1.95. The van der Waals surface area contributed by atoms with Crippen molar-refractivity contribution in [2.45, 2.75) is 19.3 Å². The highest BCUT2D eigenvalue weighted by atomic mass is 35.5. The van der Waals surface area contributed by atoms with Gasteiger partial charge in [0.1, 0.15) is 0 Å². The third-order valence-electron chi connectivity index (χ3n) is 3.51. The number of aromatic nitrogens is 2. The van der Waals surface area contributed by atoms with Gasteiger partial charge in [-0.2, -0.15) is 0 Å². The van der Waals surface area contributed by atoms with E-state index in [4.69, 9.17) is 17.3 Å². The van der Waals surface area contributed by atoms with Crippen LogP contribution in [0.1, 0.15) is 19.3 Å². The van der Waals surface area contributed by atoms with E-state index in [-0.39, 0.29) is 0 Å². The quantitative estimate of drug-likeness (QED) is 0.829. The number of piperidine rings is 1.